The predicted octanol–water partition coefficient (Wildman–Crippen LogP) is 0.521. The van der Waals surface area contributed by atoms with Crippen LogP contribution in [0.1, 0.15) is 6.92 Å². The van der Waals surface area contributed by atoms with E-state index in [1.54, 1.807) is 0 Å². The van der Waals surface area contributed by atoms with Gasteiger partial charge in [0.05, 0.1) is 0 Å². The van der Waals surface area contributed by atoms with Crippen molar-refractivity contribution in [2.45, 2.75) is 13.0 Å². The Morgan fingerprint density at radius 3 is 2.89 bits per heavy atom. The van der Waals surface area contributed by atoms with Crippen molar-refractivity contribution in [1.29, 1.82) is 0 Å². The minimum Gasteiger partial charge on any atom is -0.448 e. The Kier molecular flexibility index (Phi) is 3.45. The fourth-order valence-electron chi connectivity index (χ4n) is 0.263. The summed E-state index contributed by atoms with van der Waals surface area (Å²) in [6.45, 7) is 0.375. The maximum Gasteiger partial charge on any atom is 0.338 e. The summed E-state index contributed by atoms with van der Waals surface area (Å²) in [6, 6.07) is 0. The van der Waals surface area contributed by atoms with Gasteiger partial charge in [0.1, 0.15) is 0 Å². The maximum absolute atomic E-state index is 11.3. The van der Waals surface area contributed by atoms with E-state index in [2.05, 4.69) is 10.7 Å². The van der Waals surface area contributed by atoms with Gasteiger partial charge >= 0.3 is 5.97 Å². The van der Waals surface area contributed by atoms with Gasteiger partial charge < -0.3 is 4.74 Å². The Morgan fingerprint density at radius 1 is 2.00 bits per heavy atom. The first-order chi connectivity index (χ1) is 4.20. The van der Waals surface area contributed by atoms with Gasteiger partial charge in [-0.25, -0.2) is 9.18 Å². The van der Waals surface area contributed by atoms with Crippen molar-refractivity contribution >= 4 is 5.97 Å². The highest BCUT2D eigenvalue weighted by Gasteiger charge is 2.03. The van der Waals surface area contributed by atoms with Crippen molar-refractivity contribution in [3.05, 3.63) is 0 Å². The van der Waals surface area contributed by atoms with Gasteiger partial charge in [0, 0.05) is 0 Å². The van der Waals surface area contributed by atoms with E-state index in [0.29, 0.717) is 0 Å². The number of hydrogen-bond donors (Lipinski definition) is 0. The summed E-state index contributed by atoms with van der Waals surface area (Å²) in [5.74, 6) is 1.20. The molecule has 0 saturated carbocycles. The Bertz CT molecular complexity index is 136. The fraction of sp³-hybridized carbons (Fsp3) is 0.500. The Morgan fingerprint density at radius 2 is 2.56 bits per heavy atom. The van der Waals surface area contributed by atoms with Crippen LogP contribution in [0, 0.1) is 12.3 Å². The molecule has 0 aromatic carbocycles. The van der Waals surface area contributed by atoms with E-state index < -0.39 is 18.7 Å². The maximum atomic E-state index is 11.3. The Balaban J connectivity index is 3.50. The summed E-state index contributed by atoms with van der Waals surface area (Å²) < 4.78 is 15.6. The summed E-state index contributed by atoms with van der Waals surface area (Å²) in [5.41, 5.74) is 0. The normalized spacial score (nSPS) is 11.7. The number of halogens is 1. The van der Waals surface area contributed by atoms with E-state index in [1.165, 1.54) is 6.92 Å². The van der Waals surface area contributed by atoms with E-state index >= 15 is 0 Å². The van der Waals surface area contributed by atoms with Crippen LogP contribution in [0.25, 0.3) is 0 Å². The molecule has 0 fully saturated rings. The number of terminal acetylenes is 1. The summed E-state index contributed by atoms with van der Waals surface area (Å²) >= 11 is 0. The molecule has 0 aliphatic heterocycles. The molecule has 0 saturated heterocycles. The monoisotopic (exact) mass is 130 g/mol. The van der Waals surface area contributed by atoms with Crippen LogP contribution in [-0.4, -0.2) is 18.7 Å². The fourth-order valence-corrected chi connectivity index (χ4v) is 0.263. The lowest BCUT2D eigenvalue weighted by Crippen LogP contribution is -2.13. The molecule has 2 nitrogen and oxygen atoms in total. The molecule has 0 spiro atoms. The molecular formula is C6H7FO2. The third-order valence-electron chi connectivity index (χ3n) is 0.652. The summed E-state index contributed by atoms with van der Waals surface area (Å²) in [7, 11) is 0. The van der Waals surface area contributed by atoms with Crippen molar-refractivity contribution in [3.63, 3.8) is 0 Å². The number of alkyl halides is 1. The van der Waals surface area contributed by atoms with Gasteiger partial charge in [0.15, 0.2) is 12.8 Å². The summed E-state index contributed by atoms with van der Waals surface area (Å²) in [4.78, 5) is 10.1. The van der Waals surface area contributed by atoms with Crippen LogP contribution in [0.3, 0.4) is 0 Å². The molecule has 0 bridgehead atoms. The second-order valence-corrected chi connectivity index (χ2v) is 1.43. The molecule has 0 rings (SSSR count). The van der Waals surface area contributed by atoms with Gasteiger partial charge in [-0.1, -0.05) is 5.92 Å². The van der Waals surface area contributed by atoms with Gasteiger partial charge in [-0.05, 0) is 6.92 Å². The zero-order valence-electron chi connectivity index (χ0n) is 5.06. The third kappa shape index (κ3) is 3.53. The number of rotatable bonds is 2. The second-order valence-electron chi connectivity index (χ2n) is 1.43. The number of esters is 1. The van der Waals surface area contributed by atoms with Crippen molar-refractivity contribution in [3.8, 4) is 12.3 Å². The molecule has 0 radical (unpaired) electrons. The predicted molar refractivity (Wildman–Crippen MR) is 30.4 cm³/mol. The molecule has 0 aromatic heterocycles. The van der Waals surface area contributed by atoms with E-state index in [4.69, 9.17) is 6.42 Å². The van der Waals surface area contributed by atoms with E-state index in [0.717, 1.165) is 0 Å². The van der Waals surface area contributed by atoms with Gasteiger partial charge in [0.2, 0.25) is 0 Å². The van der Waals surface area contributed by atoms with Gasteiger partial charge in [0.25, 0.3) is 0 Å². The largest absolute Gasteiger partial charge is 0.448 e. The molecule has 1 unspecified atom stereocenters. The van der Waals surface area contributed by atoms with Crippen molar-refractivity contribution < 1.29 is 13.9 Å². The van der Waals surface area contributed by atoms with Crippen LogP contribution in [0.2, 0.25) is 0 Å². The standard InChI is InChI=1S/C6H7FO2/c1-3-5(2)9-6(8)4-7/h1,5H,4H2,2H3. The van der Waals surface area contributed by atoms with Crippen LogP contribution in [0.4, 0.5) is 4.39 Å². The van der Waals surface area contributed by atoms with Crippen molar-refractivity contribution in [1.82, 2.24) is 0 Å². The highest BCUT2D eigenvalue weighted by atomic mass is 19.1. The third-order valence-corrected chi connectivity index (χ3v) is 0.652. The lowest BCUT2D eigenvalue weighted by Gasteiger charge is -2.02. The molecule has 9 heavy (non-hydrogen) atoms. The van der Waals surface area contributed by atoms with Crippen LogP contribution in [0.5, 0.6) is 0 Å². The number of carbonyl (C=O) groups is 1. The lowest BCUT2D eigenvalue weighted by atomic mass is 10.4. The first-order valence-electron chi connectivity index (χ1n) is 2.42. The van der Waals surface area contributed by atoms with Crippen LogP contribution < -0.4 is 0 Å². The summed E-state index contributed by atoms with van der Waals surface area (Å²) in [6.07, 6.45) is 4.19. The van der Waals surface area contributed by atoms with Gasteiger partial charge in [-0.3, -0.25) is 0 Å². The first kappa shape index (κ1) is 7.96. The smallest absolute Gasteiger partial charge is 0.338 e. The molecule has 0 amide bonds. The molecule has 50 valence electrons. The second kappa shape index (κ2) is 3.90. The quantitative estimate of drug-likeness (QED) is 0.402. The highest BCUT2D eigenvalue weighted by Crippen LogP contribution is 1.88. The van der Waals surface area contributed by atoms with Crippen LogP contribution in [-0.2, 0) is 9.53 Å². The molecule has 0 heterocycles. The number of hydrogen-bond acceptors (Lipinski definition) is 2. The minimum absolute atomic E-state index is 0.631. The molecule has 3 heteroatoms. The Hall–Kier alpha value is -1.04. The molecule has 0 N–H and O–H groups in total. The SMILES string of the molecule is C#CC(C)OC(=O)CF. The molecule has 1 atom stereocenters. The number of ether oxygens (including phenoxy) is 1. The molecule has 0 aromatic rings. The van der Waals surface area contributed by atoms with E-state index in [1.807, 2.05) is 0 Å². The highest BCUT2D eigenvalue weighted by molar-refractivity contribution is 5.70. The zero-order valence-corrected chi connectivity index (χ0v) is 5.06. The molecular weight excluding hydrogens is 123 g/mol. The lowest BCUT2D eigenvalue weighted by molar-refractivity contribution is -0.146. The molecule has 0 aliphatic carbocycles. The topological polar surface area (TPSA) is 26.3 Å². The van der Waals surface area contributed by atoms with Crippen LogP contribution in [0.15, 0.2) is 0 Å². The molecule has 0 aliphatic rings. The van der Waals surface area contributed by atoms with Gasteiger partial charge in [-0.2, -0.15) is 0 Å². The van der Waals surface area contributed by atoms with Crippen molar-refractivity contribution in [2.24, 2.45) is 0 Å². The minimum atomic E-state index is -1.12. The van der Waals surface area contributed by atoms with E-state index in [9.17, 15) is 9.18 Å². The number of carbonyl (C=O) groups excluding carboxylic acids is 1. The van der Waals surface area contributed by atoms with E-state index in [-0.39, 0.29) is 0 Å². The average molecular weight is 130 g/mol. The Labute approximate surface area is 53.0 Å². The average Bonchev–Trinajstić information content (AvgIpc) is 1.87. The first-order valence-corrected chi connectivity index (χ1v) is 2.42. The zero-order chi connectivity index (χ0) is 7.28. The van der Waals surface area contributed by atoms with Crippen molar-refractivity contribution in [2.75, 3.05) is 6.67 Å². The summed E-state index contributed by atoms with van der Waals surface area (Å²) in [5, 5.41) is 0. The van der Waals surface area contributed by atoms with Crippen LogP contribution >= 0.6 is 0 Å². The van der Waals surface area contributed by atoms with Gasteiger partial charge in [-0.15, -0.1) is 6.42 Å².